The molecule has 1 N–H and O–H groups in total. The average Bonchev–Trinajstić information content (AvgIpc) is 3.23. The maximum absolute atomic E-state index is 12.5. The Hall–Kier alpha value is -1.10. The van der Waals surface area contributed by atoms with E-state index < -0.39 is 0 Å². The minimum absolute atomic E-state index is 0.0232. The van der Waals surface area contributed by atoms with E-state index >= 15 is 0 Å². The van der Waals surface area contributed by atoms with Crippen LogP contribution >= 0.6 is 0 Å². The number of hydrogen-bond donors (Lipinski definition) is 1. The van der Waals surface area contributed by atoms with Gasteiger partial charge in [-0.05, 0) is 76.2 Å². The van der Waals surface area contributed by atoms with Gasteiger partial charge in [-0.25, -0.2) is 0 Å². The van der Waals surface area contributed by atoms with Crippen LogP contribution < -0.4 is 5.32 Å². The number of carbonyl (C=O) groups is 2. The fraction of sp³-hybridized carbons (Fsp3) is 0.962. The quantitative estimate of drug-likeness (QED) is 0.0489. The fourth-order valence-electron chi connectivity index (χ4n) is 8.54. The Balaban J connectivity index is 4.31. The van der Waals surface area contributed by atoms with Crippen LogP contribution in [0.1, 0.15) is 291 Å². The molecule has 0 aromatic heterocycles. The molecule has 0 heterocycles. The molecule has 2 atom stereocenters. The zero-order valence-corrected chi connectivity index (χ0v) is 40.3. The predicted octanol–water partition coefficient (Wildman–Crippen LogP) is 17.0. The Morgan fingerprint density at radius 3 is 1.03 bits per heavy atom. The molecule has 5 nitrogen and oxygen atoms in total. The highest BCUT2D eigenvalue weighted by molar-refractivity contribution is 5.69. The molecule has 0 saturated carbocycles. The Morgan fingerprint density at radius 1 is 0.345 bits per heavy atom. The van der Waals surface area contributed by atoms with Gasteiger partial charge in [-0.1, -0.05) is 221 Å². The average molecular weight is 820 g/mol. The summed E-state index contributed by atoms with van der Waals surface area (Å²) in [5.74, 6) is 1.15. The van der Waals surface area contributed by atoms with Crippen molar-refractivity contribution in [1.82, 2.24) is 5.32 Å². The Kier molecular flexibility index (Phi) is 46.1. The van der Waals surface area contributed by atoms with Crippen LogP contribution in [0.4, 0.5) is 0 Å². The maximum atomic E-state index is 12.5. The van der Waals surface area contributed by atoms with Crippen LogP contribution in [0, 0.1) is 11.8 Å². The van der Waals surface area contributed by atoms with Gasteiger partial charge >= 0.3 is 11.9 Å². The summed E-state index contributed by atoms with van der Waals surface area (Å²) in [5, 5.41) is 3.97. The van der Waals surface area contributed by atoms with Crippen LogP contribution in [0.5, 0.6) is 0 Å². The molecule has 346 valence electrons. The summed E-state index contributed by atoms with van der Waals surface area (Å²) in [7, 11) is 0. The number of rotatable bonds is 48. The number of hydrogen-bond acceptors (Lipinski definition) is 5. The van der Waals surface area contributed by atoms with Gasteiger partial charge in [0.25, 0.3) is 0 Å². The van der Waals surface area contributed by atoms with Crippen molar-refractivity contribution in [2.75, 3.05) is 19.8 Å². The van der Waals surface area contributed by atoms with Gasteiger partial charge in [0.05, 0.1) is 13.2 Å². The Bertz CT molecular complexity index is 777. The summed E-state index contributed by atoms with van der Waals surface area (Å²) in [6, 6.07) is 0.648. The second kappa shape index (κ2) is 47.0. The molecule has 0 saturated heterocycles. The van der Waals surface area contributed by atoms with Crippen molar-refractivity contribution in [1.29, 1.82) is 0 Å². The molecule has 0 rings (SSSR count). The Morgan fingerprint density at radius 2 is 0.638 bits per heavy atom. The summed E-state index contributed by atoms with van der Waals surface area (Å²) < 4.78 is 11.5. The third-order valence-electron chi connectivity index (χ3n) is 12.7. The van der Waals surface area contributed by atoms with E-state index in [4.69, 9.17) is 9.47 Å². The molecule has 58 heavy (non-hydrogen) atoms. The molecular formula is C53H105NO4. The molecule has 0 aromatic carbocycles. The Labute approximate surface area is 364 Å². The van der Waals surface area contributed by atoms with Gasteiger partial charge in [0.1, 0.15) is 0 Å². The fourth-order valence-corrected chi connectivity index (χ4v) is 8.54. The lowest BCUT2D eigenvalue weighted by atomic mass is 9.96. The normalized spacial score (nSPS) is 13.1. The lowest BCUT2D eigenvalue weighted by Crippen LogP contribution is -2.30. The first kappa shape index (κ1) is 56.9. The van der Waals surface area contributed by atoms with Gasteiger partial charge < -0.3 is 14.8 Å². The number of ether oxygens (including phenoxy) is 2. The summed E-state index contributed by atoms with van der Waals surface area (Å²) in [6.45, 7) is 13.8. The first-order valence-corrected chi connectivity index (χ1v) is 26.5. The smallest absolute Gasteiger partial charge is 0.305 e. The van der Waals surface area contributed by atoms with E-state index in [1.807, 2.05) is 0 Å². The van der Waals surface area contributed by atoms with Gasteiger partial charge in [0.15, 0.2) is 0 Å². The van der Waals surface area contributed by atoms with E-state index in [1.165, 1.54) is 225 Å². The number of nitrogens with one attached hydrogen (secondary N) is 1. The molecule has 5 heteroatoms. The number of carbonyl (C=O) groups excluding carboxylic acids is 2. The van der Waals surface area contributed by atoms with Crippen LogP contribution in [0.15, 0.2) is 0 Å². The highest BCUT2D eigenvalue weighted by Gasteiger charge is 2.14. The zero-order valence-electron chi connectivity index (χ0n) is 40.3. The van der Waals surface area contributed by atoms with Gasteiger partial charge in [0, 0.05) is 18.9 Å². The van der Waals surface area contributed by atoms with E-state index in [9.17, 15) is 9.59 Å². The van der Waals surface area contributed by atoms with Gasteiger partial charge in [-0.15, -0.1) is 0 Å². The SMILES string of the molecule is CCCCCCCCCCNC(CCCCCCCCC(=O)OCC(CCCC)CCCCCC)CCCCCCCCC(=O)OCC(CCCC)CCCCCC. The molecule has 0 spiro atoms. The van der Waals surface area contributed by atoms with Crippen LogP contribution in [0.25, 0.3) is 0 Å². The first-order chi connectivity index (χ1) is 28.5. The van der Waals surface area contributed by atoms with Crippen molar-refractivity contribution in [2.24, 2.45) is 11.8 Å². The molecule has 0 aliphatic rings. The predicted molar refractivity (Wildman–Crippen MR) is 254 cm³/mol. The number of esters is 2. The van der Waals surface area contributed by atoms with Crippen molar-refractivity contribution >= 4 is 11.9 Å². The van der Waals surface area contributed by atoms with E-state index in [1.54, 1.807) is 0 Å². The lowest BCUT2D eigenvalue weighted by Gasteiger charge is -2.19. The van der Waals surface area contributed by atoms with E-state index in [-0.39, 0.29) is 11.9 Å². The second-order valence-electron chi connectivity index (χ2n) is 18.5. The molecule has 0 bridgehead atoms. The monoisotopic (exact) mass is 820 g/mol. The van der Waals surface area contributed by atoms with Crippen LogP contribution in [-0.2, 0) is 19.1 Å². The van der Waals surface area contributed by atoms with Crippen molar-refractivity contribution in [3.8, 4) is 0 Å². The zero-order chi connectivity index (χ0) is 42.4. The molecular weight excluding hydrogens is 715 g/mol. The minimum Gasteiger partial charge on any atom is -0.465 e. The summed E-state index contributed by atoms with van der Waals surface area (Å²) >= 11 is 0. The lowest BCUT2D eigenvalue weighted by molar-refractivity contribution is -0.146. The molecule has 0 radical (unpaired) electrons. The first-order valence-electron chi connectivity index (χ1n) is 26.5. The van der Waals surface area contributed by atoms with Crippen LogP contribution in [0.3, 0.4) is 0 Å². The standard InChI is InChI=1S/C53H105NO4/c1-6-11-16-19-20-25-30-37-46-54-51(42-33-26-21-23-28-35-44-52(55)57-47-49(38-14-9-4)40-31-17-12-7-2)43-34-27-22-24-29-36-45-53(56)58-48-50(39-15-10-5)41-32-18-13-8-3/h49-51,54H,6-48H2,1-5H3. The second-order valence-corrected chi connectivity index (χ2v) is 18.5. The molecule has 0 aromatic rings. The van der Waals surface area contributed by atoms with Crippen molar-refractivity contribution in [3.63, 3.8) is 0 Å². The van der Waals surface area contributed by atoms with Crippen LogP contribution in [0.2, 0.25) is 0 Å². The third kappa shape index (κ3) is 41.6. The highest BCUT2D eigenvalue weighted by Crippen LogP contribution is 2.21. The largest absolute Gasteiger partial charge is 0.465 e. The van der Waals surface area contributed by atoms with E-state index in [0.29, 0.717) is 43.9 Å². The topological polar surface area (TPSA) is 64.6 Å². The van der Waals surface area contributed by atoms with Crippen molar-refractivity contribution in [2.45, 2.75) is 297 Å². The third-order valence-corrected chi connectivity index (χ3v) is 12.7. The van der Waals surface area contributed by atoms with E-state index in [2.05, 4.69) is 39.9 Å². The van der Waals surface area contributed by atoms with Crippen molar-refractivity contribution in [3.05, 3.63) is 0 Å². The van der Waals surface area contributed by atoms with Gasteiger partial charge in [-0.3, -0.25) is 9.59 Å². The minimum atomic E-state index is 0.0232. The summed E-state index contributed by atoms with van der Waals surface area (Å²) in [5.41, 5.74) is 0. The van der Waals surface area contributed by atoms with Gasteiger partial charge in [-0.2, -0.15) is 0 Å². The summed E-state index contributed by atoms with van der Waals surface area (Å²) in [4.78, 5) is 24.9. The van der Waals surface area contributed by atoms with E-state index in [0.717, 1.165) is 25.7 Å². The molecule has 0 fully saturated rings. The summed E-state index contributed by atoms with van der Waals surface area (Å²) in [6.07, 6.45) is 49.4. The number of unbranched alkanes of at least 4 members (excludes halogenated alkanes) is 25. The molecule has 2 unspecified atom stereocenters. The molecule has 0 amide bonds. The maximum Gasteiger partial charge on any atom is 0.305 e. The molecule has 0 aliphatic carbocycles. The highest BCUT2D eigenvalue weighted by atomic mass is 16.5. The molecule has 0 aliphatic heterocycles. The van der Waals surface area contributed by atoms with Gasteiger partial charge in [0.2, 0.25) is 0 Å². The van der Waals surface area contributed by atoms with Crippen molar-refractivity contribution < 1.29 is 19.1 Å². The van der Waals surface area contributed by atoms with Crippen LogP contribution in [-0.4, -0.2) is 37.7 Å².